The van der Waals surface area contributed by atoms with Crippen LogP contribution < -0.4 is 5.32 Å². The molecule has 0 spiro atoms. The maximum atomic E-state index is 12.7. The maximum absolute atomic E-state index is 12.7. The molecule has 3 aromatic rings. The van der Waals surface area contributed by atoms with Crippen molar-refractivity contribution in [3.63, 3.8) is 0 Å². The van der Waals surface area contributed by atoms with Crippen LogP contribution >= 0.6 is 12.6 Å². The zero-order chi connectivity index (χ0) is 21.3. The van der Waals surface area contributed by atoms with Gasteiger partial charge in [0.1, 0.15) is 6.04 Å². The topological polar surface area (TPSA) is 66.4 Å². The van der Waals surface area contributed by atoms with Crippen molar-refractivity contribution in [2.75, 3.05) is 5.75 Å². The number of hydrogen-bond acceptors (Lipinski definition) is 3. The second kappa shape index (κ2) is 10.6. The standard InChI is InChI=1S/C25H25NO3S/c27-24(22(17-30)15-18-7-3-1-4-8-18)26-23(25(28)29)16-19-11-13-21(14-12-19)20-9-5-2-6-10-20/h1-14,22-23,30H,15-17H2,(H,26,27)(H,28,29)/t22-,23+/m1/s1. The molecule has 0 saturated carbocycles. The van der Waals surface area contributed by atoms with Crippen molar-refractivity contribution < 1.29 is 14.7 Å². The van der Waals surface area contributed by atoms with Gasteiger partial charge in [0.15, 0.2) is 0 Å². The predicted octanol–water partition coefficient (Wildman–Crippen LogP) is 4.25. The zero-order valence-corrected chi connectivity index (χ0v) is 17.5. The van der Waals surface area contributed by atoms with Gasteiger partial charge < -0.3 is 10.4 Å². The second-order valence-electron chi connectivity index (χ2n) is 7.24. The molecule has 3 aromatic carbocycles. The van der Waals surface area contributed by atoms with E-state index in [0.717, 1.165) is 22.3 Å². The average Bonchev–Trinajstić information content (AvgIpc) is 2.78. The van der Waals surface area contributed by atoms with E-state index in [1.807, 2.05) is 84.9 Å². The molecule has 0 aromatic heterocycles. The number of nitrogens with one attached hydrogen (secondary N) is 1. The predicted molar refractivity (Wildman–Crippen MR) is 123 cm³/mol. The largest absolute Gasteiger partial charge is 0.480 e. The number of hydrogen-bond donors (Lipinski definition) is 3. The van der Waals surface area contributed by atoms with Crippen molar-refractivity contribution in [2.45, 2.75) is 18.9 Å². The van der Waals surface area contributed by atoms with Crippen molar-refractivity contribution >= 4 is 24.5 Å². The Labute approximate surface area is 182 Å². The second-order valence-corrected chi connectivity index (χ2v) is 7.60. The van der Waals surface area contributed by atoms with Crippen molar-refractivity contribution in [2.24, 2.45) is 5.92 Å². The molecule has 0 aliphatic carbocycles. The molecule has 0 heterocycles. The highest BCUT2D eigenvalue weighted by Crippen LogP contribution is 2.20. The van der Waals surface area contributed by atoms with E-state index >= 15 is 0 Å². The Morgan fingerprint density at radius 1 is 0.767 bits per heavy atom. The van der Waals surface area contributed by atoms with Crippen LogP contribution in [0.1, 0.15) is 11.1 Å². The van der Waals surface area contributed by atoms with Crippen molar-refractivity contribution in [3.05, 3.63) is 96.1 Å². The van der Waals surface area contributed by atoms with E-state index in [1.165, 1.54) is 0 Å². The summed E-state index contributed by atoms with van der Waals surface area (Å²) in [5.74, 6) is -1.38. The average molecular weight is 420 g/mol. The Kier molecular flexibility index (Phi) is 7.69. The Morgan fingerprint density at radius 2 is 1.30 bits per heavy atom. The summed E-state index contributed by atoms with van der Waals surface area (Å²) >= 11 is 4.30. The van der Waals surface area contributed by atoms with Gasteiger partial charge in [0.05, 0.1) is 5.92 Å². The molecule has 30 heavy (non-hydrogen) atoms. The van der Waals surface area contributed by atoms with Crippen LogP contribution in [-0.4, -0.2) is 28.8 Å². The van der Waals surface area contributed by atoms with Crippen LogP contribution in [0.15, 0.2) is 84.9 Å². The normalized spacial score (nSPS) is 12.7. The van der Waals surface area contributed by atoms with Crippen LogP contribution in [0.4, 0.5) is 0 Å². The van der Waals surface area contributed by atoms with Gasteiger partial charge >= 0.3 is 5.97 Å². The number of benzene rings is 3. The van der Waals surface area contributed by atoms with Gasteiger partial charge in [-0.3, -0.25) is 4.79 Å². The molecule has 0 unspecified atom stereocenters. The fourth-order valence-corrected chi connectivity index (χ4v) is 3.62. The Hall–Kier alpha value is -3.05. The summed E-state index contributed by atoms with van der Waals surface area (Å²) in [5.41, 5.74) is 4.04. The fourth-order valence-electron chi connectivity index (χ4n) is 3.33. The smallest absolute Gasteiger partial charge is 0.326 e. The molecule has 2 N–H and O–H groups in total. The fraction of sp³-hybridized carbons (Fsp3) is 0.200. The first-order valence-corrected chi connectivity index (χ1v) is 10.5. The van der Waals surface area contributed by atoms with Crippen LogP contribution in [0.5, 0.6) is 0 Å². The van der Waals surface area contributed by atoms with Gasteiger partial charge in [0.25, 0.3) is 0 Å². The summed E-state index contributed by atoms with van der Waals surface area (Å²) in [4.78, 5) is 24.5. The molecular weight excluding hydrogens is 394 g/mol. The van der Waals surface area contributed by atoms with Gasteiger partial charge in [0.2, 0.25) is 5.91 Å². The summed E-state index contributed by atoms with van der Waals surface area (Å²) in [7, 11) is 0. The third kappa shape index (κ3) is 5.97. The van der Waals surface area contributed by atoms with Gasteiger partial charge in [-0.15, -0.1) is 0 Å². The van der Waals surface area contributed by atoms with E-state index in [4.69, 9.17) is 0 Å². The minimum absolute atomic E-state index is 0.223. The third-order valence-corrected chi connectivity index (χ3v) is 5.47. The monoisotopic (exact) mass is 419 g/mol. The molecule has 0 bridgehead atoms. The van der Waals surface area contributed by atoms with E-state index in [0.29, 0.717) is 12.2 Å². The minimum atomic E-state index is -1.05. The van der Waals surface area contributed by atoms with Gasteiger partial charge in [0, 0.05) is 12.2 Å². The number of carboxylic acids is 1. The number of carbonyl (C=O) groups is 2. The maximum Gasteiger partial charge on any atom is 0.326 e. The molecular formula is C25H25NO3S. The van der Waals surface area contributed by atoms with E-state index in [-0.39, 0.29) is 12.3 Å². The lowest BCUT2D eigenvalue weighted by Crippen LogP contribution is -2.45. The van der Waals surface area contributed by atoms with E-state index in [2.05, 4.69) is 17.9 Å². The molecule has 4 nitrogen and oxygen atoms in total. The number of rotatable bonds is 9. The lowest BCUT2D eigenvalue weighted by molar-refractivity contribution is -0.142. The summed E-state index contributed by atoms with van der Waals surface area (Å²) in [6.07, 6.45) is 0.745. The first-order chi connectivity index (χ1) is 14.6. The quantitative estimate of drug-likeness (QED) is 0.454. The first-order valence-electron chi connectivity index (χ1n) is 9.89. The molecule has 154 valence electrons. The van der Waals surface area contributed by atoms with Gasteiger partial charge in [-0.25, -0.2) is 4.79 Å². The number of carboxylic acid groups (broad SMARTS) is 1. The molecule has 0 aliphatic heterocycles. The molecule has 0 saturated heterocycles. The minimum Gasteiger partial charge on any atom is -0.480 e. The molecule has 0 radical (unpaired) electrons. The Morgan fingerprint density at radius 3 is 1.87 bits per heavy atom. The molecule has 5 heteroatoms. The Balaban J connectivity index is 1.65. The molecule has 0 fully saturated rings. The lowest BCUT2D eigenvalue weighted by Gasteiger charge is -2.19. The van der Waals surface area contributed by atoms with Gasteiger partial charge in [-0.1, -0.05) is 84.9 Å². The van der Waals surface area contributed by atoms with E-state index < -0.39 is 17.9 Å². The number of thiol groups is 1. The Bertz CT molecular complexity index is 959. The molecule has 0 aliphatic rings. The number of carbonyl (C=O) groups excluding carboxylic acids is 1. The van der Waals surface area contributed by atoms with Crippen LogP contribution in [0.2, 0.25) is 0 Å². The highest BCUT2D eigenvalue weighted by molar-refractivity contribution is 7.80. The van der Waals surface area contributed by atoms with Crippen LogP contribution in [0, 0.1) is 5.92 Å². The van der Waals surface area contributed by atoms with Gasteiger partial charge in [-0.2, -0.15) is 12.6 Å². The molecule has 3 rings (SSSR count). The van der Waals surface area contributed by atoms with Crippen molar-refractivity contribution in [3.8, 4) is 11.1 Å². The highest BCUT2D eigenvalue weighted by atomic mass is 32.1. The van der Waals surface area contributed by atoms with Crippen LogP contribution in [-0.2, 0) is 22.4 Å². The molecule has 2 atom stereocenters. The van der Waals surface area contributed by atoms with Crippen LogP contribution in [0.25, 0.3) is 11.1 Å². The summed E-state index contributed by atoms with van der Waals surface area (Å²) in [5, 5.41) is 12.3. The summed E-state index contributed by atoms with van der Waals surface area (Å²) in [6, 6.07) is 26.4. The van der Waals surface area contributed by atoms with E-state index in [9.17, 15) is 14.7 Å². The number of aliphatic carboxylic acids is 1. The summed E-state index contributed by atoms with van der Waals surface area (Å²) in [6.45, 7) is 0. The zero-order valence-electron chi connectivity index (χ0n) is 16.6. The summed E-state index contributed by atoms with van der Waals surface area (Å²) < 4.78 is 0. The van der Waals surface area contributed by atoms with Crippen LogP contribution in [0.3, 0.4) is 0 Å². The highest BCUT2D eigenvalue weighted by Gasteiger charge is 2.25. The van der Waals surface area contributed by atoms with E-state index in [1.54, 1.807) is 0 Å². The first kappa shape index (κ1) is 21.7. The van der Waals surface area contributed by atoms with Crippen molar-refractivity contribution in [1.82, 2.24) is 5.32 Å². The molecule has 1 amide bonds. The lowest BCUT2D eigenvalue weighted by atomic mass is 9.98. The SMILES string of the molecule is O=C(N[C@@H](Cc1ccc(-c2ccccc2)cc1)C(=O)O)[C@@H](CS)Cc1ccccc1. The van der Waals surface area contributed by atoms with Crippen molar-refractivity contribution in [1.29, 1.82) is 0 Å². The number of amides is 1. The third-order valence-electron chi connectivity index (χ3n) is 5.03. The van der Waals surface area contributed by atoms with Gasteiger partial charge in [-0.05, 0) is 28.7 Å².